The van der Waals surface area contributed by atoms with Gasteiger partial charge in [-0.3, -0.25) is 4.40 Å². The molecule has 0 aliphatic rings. The second-order valence-electron chi connectivity index (χ2n) is 3.24. The second-order valence-corrected chi connectivity index (χ2v) is 3.24. The van der Waals surface area contributed by atoms with E-state index in [1.54, 1.807) is 35.7 Å². The molecule has 0 amide bonds. The van der Waals surface area contributed by atoms with Gasteiger partial charge in [0.05, 0.1) is 11.1 Å². The zero-order chi connectivity index (χ0) is 11.7. The van der Waals surface area contributed by atoms with E-state index in [0.717, 1.165) is 0 Å². The molecule has 0 radical (unpaired) electrons. The minimum atomic E-state index is -1.39. The topological polar surface area (TPSA) is 74.7 Å². The van der Waals surface area contributed by atoms with E-state index in [1.165, 1.54) is 0 Å². The Labute approximate surface area is 91.1 Å². The Hall–Kier alpha value is -2.48. The fraction of sp³-hybridized carbons (Fsp3) is 0.0909. The van der Waals surface area contributed by atoms with Crippen molar-refractivity contribution in [2.45, 2.75) is 6.92 Å². The highest BCUT2D eigenvalue weighted by atomic mass is 16.7. The molecule has 80 valence electrons. The molecular formula is C11H8N2O3. The lowest BCUT2D eigenvalue weighted by Gasteiger charge is -2.00. The molecule has 0 aliphatic carbocycles. The van der Waals surface area contributed by atoms with Gasteiger partial charge in [0.15, 0.2) is 0 Å². The summed E-state index contributed by atoms with van der Waals surface area (Å²) in [6.07, 6.45) is 0.261. The first kappa shape index (κ1) is 10.1. The summed E-state index contributed by atoms with van der Waals surface area (Å²) >= 11 is 0. The molecule has 2 aromatic rings. The first-order chi connectivity index (χ1) is 7.65. The highest BCUT2D eigenvalue weighted by Gasteiger charge is 2.17. The van der Waals surface area contributed by atoms with Gasteiger partial charge in [-0.2, -0.15) is 5.26 Å². The number of hydrogen-bond acceptors (Lipinski definition) is 3. The summed E-state index contributed by atoms with van der Waals surface area (Å²) in [6, 6.07) is 7.29. The number of nitriles is 1. The SMILES string of the molecule is Cc1c(C#N)c2ccccn2c1OC(=O)O. The smallest absolute Gasteiger partial charge is 0.449 e. The molecule has 5 heteroatoms. The third-order valence-corrected chi connectivity index (χ3v) is 2.33. The first-order valence-corrected chi connectivity index (χ1v) is 4.55. The van der Waals surface area contributed by atoms with Crippen LogP contribution in [0.2, 0.25) is 0 Å². The average Bonchev–Trinajstić information content (AvgIpc) is 2.52. The van der Waals surface area contributed by atoms with Crippen LogP contribution in [0.1, 0.15) is 11.1 Å². The van der Waals surface area contributed by atoms with Crippen molar-refractivity contribution in [2.24, 2.45) is 0 Å². The van der Waals surface area contributed by atoms with Gasteiger partial charge < -0.3 is 9.84 Å². The van der Waals surface area contributed by atoms with Gasteiger partial charge in [0, 0.05) is 11.8 Å². The first-order valence-electron chi connectivity index (χ1n) is 4.55. The number of fused-ring (bicyclic) bond motifs is 1. The van der Waals surface area contributed by atoms with Gasteiger partial charge in [0.2, 0.25) is 5.88 Å². The molecule has 5 nitrogen and oxygen atoms in total. The van der Waals surface area contributed by atoms with Crippen LogP contribution in [0, 0.1) is 18.3 Å². The molecule has 0 saturated carbocycles. The Bertz CT molecular complexity index is 607. The number of carbonyl (C=O) groups is 1. The highest BCUT2D eigenvalue weighted by Crippen LogP contribution is 2.28. The summed E-state index contributed by atoms with van der Waals surface area (Å²) in [6.45, 7) is 1.66. The highest BCUT2D eigenvalue weighted by molar-refractivity contribution is 5.71. The van der Waals surface area contributed by atoms with Crippen LogP contribution in [0.25, 0.3) is 5.52 Å². The van der Waals surface area contributed by atoms with E-state index in [2.05, 4.69) is 4.74 Å². The maximum Gasteiger partial charge on any atom is 0.512 e. The molecule has 0 spiro atoms. The molecule has 0 unspecified atom stereocenters. The van der Waals surface area contributed by atoms with E-state index in [9.17, 15) is 4.79 Å². The van der Waals surface area contributed by atoms with Crippen molar-refractivity contribution in [1.82, 2.24) is 4.40 Å². The number of carboxylic acid groups (broad SMARTS) is 1. The number of ether oxygens (including phenoxy) is 1. The molecule has 0 aliphatic heterocycles. The third-order valence-electron chi connectivity index (χ3n) is 2.33. The summed E-state index contributed by atoms with van der Waals surface area (Å²) < 4.78 is 6.21. The number of aromatic nitrogens is 1. The van der Waals surface area contributed by atoms with Gasteiger partial charge in [0.1, 0.15) is 6.07 Å². The van der Waals surface area contributed by atoms with Crippen LogP contribution < -0.4 is 4.74 Å². The van der Waals surface area contributed by atoms with Gasteiger partial charge in [-0.25, -0.2) is 4.79 Å². The second kappa shape index (κ2) is 3.59. The van der Waals surface area contributed by atoms with E-state index >= 15 is 0 Å². The average molecular weight is 216 g/mol. The van der Waals surface area contributed by atoms with Gasteiger partial charge in [-0.05, 0) is 19.1 Å². The summed E-state index contributed by atoms with van der Waals surface area (Å²) in [5.41, 5.74) is 1.59. The normalized spacial score (nSPS) is 10.0. The van der Waals surface area contributed by atoms with Crippen LogP contribution in [0.3, 0.4) is 0 Å². The van der Waals surface area contributed by atoms with Gasteiger partial charge >= 0.3 is 6.16 Å². The number of pyridine rings is 1. The van der Waals surface area contributed by atoms with Crippen LogP contribution in [0.4, 0.5) is 4.79 Å². The Morgan fingerprint density at radius 2 is 2.31 bits per heavy atom. The predicted molar refractivity (Wildman–Crippen MR) is 55.5 cm³/mol. The van der Waals surface area contributed by atoms with E-state index in [0.29, 0.717) is 16.6 Å². The molecule has 0 fully saturated rings. The predicted octanol–water partition coefficient (Wildman–Crippen LogP) is 2.18. The summed E-state index contributed by atoms with van der Waals surface area (Å²) in [5, 5.41) is 17.6. The van der Waals surface area contributed by atoms with Gasteiger partial charge in [-0.15, -0.1) is 0 Å². The van der Waals surface area contributed by atoms with Gasteiger partial charge in [0.25, 0.3) is 0 Å². The quantitative estimate of drug-likeness (QED) is 0.741. The largest absolute Gasteiger partial charge is 0.512 e. The Kier molecular flexibility index (Phi) is 2.25. The van der Waals surface area contributed by atoms with E-state index in [-0.39, 0.29) is 5.88 Å². The lowest BCUT2D eigenvalue weighted by molar-refractivity contribution is 0.142. The molecule has 0 saturated heterocycles. The molecule has 1 N–H and O–H groups in total. The standard InChI is InChI=1S/C11H8N2O3/c1-7-8(6-12)9-4-2-3-5-13(9)10(7)16-11(14)15/h2-5H,1H3,(H,14,15). The lowest BCUT2D eigenvalue weighted by Crippen LogP contribution is -2.05. The van der Waals surface area contributed by atoms with E-state index in [1.807, 2.05) is 6.07 Å². The Morgan fingerprint density at radius 3 is 2.94 bits per heavy atom. The lowest BCUT2D eigenvalue weighted by atomic mass is 10.2. The fourth-order valence-electron chi connectivity index (χ4n) is 1.65. The molecular weight excluding hydrogens is 208 g/mol. The van der Waals surface area contributed by atoms with Crippen molar-refractivity contribution in [2.75, 3.05) is 0 Å². The number of rotatable bonds is 1. The van der Waals surface area contributed by atoms with Crippen molar-refractivity contribution in [3.8, 4) is 11.9 Å². The van der Waals surface area contributed by atoms with Crippen molar-refractivity contribution in [3.05, 3.63) is 35.5 Å². The van der Waals surface area contributed by atoms with Crippen LogP contribution in [-0.4, -0.2) is 15.7 Å². The van der Waals surface area contributed by atoms with Crippen molar-refractivity contribution in [3.63, 3.8) is 0 Å². The van der Waals surface area contributed by atoms with Crippen molar-refractivity contribution < 1.29 is 14.6 Å². The molecule has 16 heavy (non-hydrogen) atoms. The Morgan fingerprint density at radius 1 is 1.56 bits per heavy atom. The summed E-state index contributed by atoms with van der Waals surface area (Å²) in [7, 11) is 0. The minimum Gasteiger partial charge on any atom is -0.449 e. The summed E-state index contributed by atoms with van der Waals surface area (Å²) in [5.74, 6) is 0.166. The van der Waals surface area contributed by atoms with Crippen LogP contribution >= 0.6 is 0 Å². The monoisotopic (exact) mass is 216 g/mol. The zero-order valence-electron chi connectivity index (χ0n) is 8.47. The van der Waals surface area contributed by atoms with Crippen LogP contribution in [0.15, 0.2) is 24.4 Å². The molecule has 2 aromatic heterocycles. The number of nitrogens with zero attached hydrogens (tertiary/aromatic N) is 2. The molecule has 0 atom stereocenters. The zero-order valence-corrected chi connectivity index (χ0v) is 8.47. The molecule has 0 bridgehead atoms. The van der Waals surface area contributed by atoms with Crippen molar-refractivity contribution in [1.29, 1.82) is 5.26 Å². The van der Waals surface area contributed by atoms with Crippen molar-refractivity contribution >= 4 is 11.7 Å². The third kappa shape index (κ3) is 1.37. The van der Waals surface area contributed by atoms with Gasteiger partial charge in [-0.1, -0.05) is 6.07 Å². The molecule has 0 aromatic carbocycles. The molecule has 2 heterocycles. The fourth-order valence-corrected chi connectivity index (χ4v) is 1.65. The summed E-state index contributed by atoms with van der Waals surface area (Å²) in [4.78, 5) is 10.5. The van der Waals surface area contributed by atoms with E-state index in [4.69, 9.17) is 10.4 Å². The van der Waals surface area contributed by atoms with E-state index < -0.39 is 6.16 Å². The van der Waals surface area contributed by atoms with Crippen LogP contribution in [-0.2, 0) is 0 Å². The van der Waals surface area contributed by atoms with Crippen LogP contribution in [0.5, 0.6) is 5.88 Å². The molecule has 2 rings (SSSR count). The number of hydrogen-bond donors (Lipinski definition) is 1. The maximum absolute atomic E-state index is 10.5. The minimum absolute atomic E-state index is 0.166. The maximum atomic E-state index is 10.5. The Balaban J connectivity index is 2.78.